The molecular weight excluding hydrogens is 417 g/mol. The van der Waals surface area contributed by atoms with E-state index in [4.69, 9.17) is 33.7 Å². The van der Waals surface area contributed by atoms with Gasteiger partial charge in [-0.05, 0) is 44.0 Å². The van der Waals surface area contributed by atoms with Gasteiger partial charge in [-0.1, -0.05) is 36.0 Å². The third kappa shape index (κ3) is 8.23. The first kappa shape index (κ1) is 23.4. The lowest BCUT2D eigenvalue weighted by atomic mass is 10.1. The van der Waals surface area contributed by atoms with Crippen LogP contribution < -0.4 is 11.1 Å². The van der Waals surface area contributed by atoms with Gasteiger partial charge >= 0.3 is 0 Å². The average Bonchev–Trinajstić information content (AvgIpc) is 3.08. The lowest BCUT2D eigenvalue weighted by Crippen LogP contribution is -2.22. The van der Waals surface area contributed by atoms with Crippen molar-refractivity contribution in [2.24, 2.45) is 0 Å². The number of aliphatic hydroxyl groups excluding tert-OH is 1. The van der Waals surface area contributed by atoms with E-state index in [9.17, 15) is 5.11 Å². The van der Waals surface area contributed by atoms with E-state index in [-0.39, 0.29) is 0 Å². The lowest BCUT2D eigenvalue weighted by Gasteiger charge is -2.14. The molecule has 0 amide bonds. The summed E-state index contributed by atoms with van der Waals surface area (Å²) in [5, 5.41) is 17.4. The topological polar surface area (TPSA) is 80.4 Å². The minimum Gasteiger partial charge on any atom is -0.396 e. The summed E-state index contributed by atoms with van der Waals surface area (Å²) in [5.74, 6) is 0. The van der Waals surface area contributed by atoms with Crippen molar-refractivity contribution in [3.05, 3.63) is 43.8 Å². The molecular formula is C20H29Cl2N3O2S. The Kier molecular flexibility index (Phi) is 10.5. The van der Waals surface area contributed by atoms with Crippen LogP contribution in [-0.4, -0.2) is 36.4 Å². The zero-order valence-corrected chi connectivity index (χ0v) is 18.5. The number of aliphatic hydroxyl groups is 1. The third-order valence-corrected chi connectivity index (χ3v) is 5.83. The fourth-order valence-electron chi connectivity index (χ4n) is 2.76. The summed E-state index contributed by atoms with van der Waals surface area (Å²) < 4.78 is 5.67. The van der Waals surface area contributed by atoms with Gasteiger partial charge in [0.25, 0.3) is 0 Å². The van der Waals surface area contributed by atoms with Gasteiger partial charge in [-0.25, -0.2) is 4.98 Å². The maximum atomic E-state index is 10.2. The molecule has 0 spiro atoms. The molecule has 8 heteroatoms. The van der Waals surface area contributed by atoms with Gasteiger partial charge in [0.15, 0.2) is 0 Å². The second kappa shape index (κ2) is 12.6. The molecule has 156 valence electrons. The Bertz CT molecular complexity index is 704. The van der Waals surface area contributed by atoms with Gasteiger partial charge in [-0.15, -0.1) is 11.3 Å². The number of thiazole rings is 1. The quantitative estimate of drug-likeness (QED) is 0.305. The van der Waals surface area contributed by atoms with Gasteiger partial charge in [0, 0.05) is 25.0 Å². The second-order valence-corrected chi connectivity index (χ2v) is 8.63. The first-order chi connectivity index (χ1) is 13.5. The summed E-state index contributed by atoms with van der Waals surface area (Å²) in [6.45, 7) is 4.87. The number of nitrogens with two attached hydrogens (primary N) is 1. The molecule has 0 aliphatic carbocycles. The molecule has 1 atom stereocenters. The van der Waals surface area contributed by atoms with Gasteiger partial charge in [-0.3, -0.25) is 0 Å². The Hall–Kier alpha value is -0.890. The van der Waals surface area contributed by atoms with Crippen molar-refractivity contribution in [2.75, 3.05) is 32.0 Å². The van der Waals surface area contributed by atoms with E-state index in [2.05, 4.69) is 15.7 Å². The first-order valence-corrected chi connectivity index (χ1v) is 11.2. The molecule has 0 saturated heterocycles. The van der Waals surface area contributed by atoms with E-state index < -0.39 is 6.10 Å². The van der Waals surface area contributed by atoms with E-state index in [1.54, 1.807) is 23.5 Å². The standard InChI is InChI=1S/C20H29Cl2N3O2S/c1-14-25-16(13-28-14)6-9-27-8-5-3-2-4-7-24-12-19(26)15-10-17(21)20(23)18(22)11-15/h10-11,13,19,24,26H,2-9,12,23H2,1H3. The monoisotopic (exact) mass is 445 g/mol. The summed E-state index contributed by atoms with van der Waals surface area (Å²) >= 11 is 13.7. The predicted molar refractivity (Wildman–Crippen MR) is 119 cm³/mol. The van der Waals surface area contributed by atoms with Crippen molar-refractivity contribution < 1.29 is 9.84 Å². The van der Waals surface area contributed by atoms with E-state index in [1.807, 2.05) is 6.92 Å². The summed E-state index contributed by atoms with van der Waals surface area (Å²) in [4.78, 5) is 4.43. The van der Waals surface area contributed by atoms with E-state index in [0.29, 0.717) is 27.8 Å². The molecule has 0 saturated carbocycles. The number of halogens is 2. The largest absolute Gasteiger partial charge is 0.396 e. The van der Waals surface area contributed by atoms with Crippen molar-refractivity contribution in [1.82, 2.24) is 10.3 Å². The number of nitrogen functional groups attached to an aromatic ring is 1. The average molecular weight is 446 g/mol. The molecule has 0 fully saturated rings. The number of nitrogens with one attached hydrogen (secondary N) is 1. The first-order valence-electron chi connectivity index (χ1n) is 9.59. The molecule has 2 rings (SSSR count). The molecule has 0 aliphatic heterocycles. The number of benzene rings is 1. The van der Waals surface area contributed by atoms with Crippen LogP contribution in [-0.2, 0) is 11.2 Å². The Morgan fingerprint density at radius 2 is 1.89 bits per heavy atom. The minimum atomic E-state index is -0.662. The SMILES string of the molecule is Cc1nc(CCOCCCCCCNCC(O)c2cc(Cl)c(N)c(Cl)c2)cs1. The Balaban J connectivity index is 1.45. The Labute approximate surface area is 181 Å². The number of nitrogens with zero attached hydrogens (tertiary/aromatic N) is 1. The molecule has 28 heavy (non-hydrogen) atoms. The van der Waals surface area contributed by atoms with Gasteiger partial charge in [0.2, 0.25) is 0 Å². The highest BCUT2D eigenvalue weighted by Crippen LogP contribution is 2.31. The van der Waals surface area contributed by atoms with Gasteiger partial charge in [0.05, 0.1) is 39.1 Å². The molecule has 0 radical (unpaired) electrons. The molecule has 4 N–H and O–H groups in total. The van der Waals surface area contributed by atoms with Crippen LogP contribution >= 0.6 is 34.5 Å². The van der Waals surface area contributed by atoms with Crippen molar-refractivity contribution in [3.8, 4) is 0 Å². The van der Waals surface area contributed by atoms with Gasteiger partial charge in [-0.2, -0.15) is 0 Å². The van der Waals surface area contributed by atoms with Crippen molar-refractivity contribution in [3.63, 3.8) is 0 Å². The van der Waals surface area contributed by atoms with Crippen molar-refractivity contribution in [2.45, 2.75) is 45.1 Å². The molecule has 0 bridgehead atoms. The normalized spacial score (nSPS) is 12.4. The number of aryl methyl sites for hydroxylation is 1. The van der Waals surface area contributed by atoms with Crippen molar-refractivity contribution in [1.29, 1.82) is 0 Å². The van der Waals surface area contributed by atoms with Crippen LogP contribution in [0.4, 0.5) is 5.69 Å². The highest BCUT2D eigenvalue weighted by atomic mass is 35.5. The van der Waals surface area contributed by atoms with Crippen LogP contribution in [0.25, 0.3) is 0 Å². The van der Waals surface area contributed by atoms with Gasteiger partial charge < -0.3 is 20.9 Å². The number of hydrogen-bond donors (Lipinski definition) is 3. The minimum absolute atomic E-state index is 0.342. The highest BCUT2D eigenvalue weighted by molar-refractivity contribution is 7.09. The maximum absolute atomic E-state index is 10.2. The Morgan fingerprint density at radius 1 is 1.18 bits per heavy atom. The maximum Gasteiger partial charge on any atom is 0.0915 e. The zero-order chi connectivity index (χ0) is 20.4. The zero-order valence-electron chi connectivity index (χ0n) is 16.2. The summed E-state index contributed by atoms with van der Waals surface area (Å²) in [5.41, 5.74) is 7.85. The summed E-state index contributed by atoms with van der Waals surface area (Å²) in [7, 11) is 0. The van der Waals surface area contributed by atoms with E-state index in [1.165, 1.54) is 0 Å². The molecule has 1 aromatic carbocycles. The van der Waals surface area contributed by atoms with Crippen LogP contribution in [0.2, 0.25) is 10.0 Å². The lowest BCUT2D eigenvalue weighted by molar-refractivity contribution is 0.132. The smallest absolute Gasteiger partial charge is 0.0915 e. The number of rotatable bonds is 13. The number of hydrogen-bond acceptors (Lipinski definition) is 6. The number of ether oxygens (including phenoxy) is 1. The molecule has 1 heterocycles. The summed E-state index contributed by atoms with van der Waals surface area (Å²) in [6, 6.07) is 3.31. The predicted octanol–water partition coefficient (Wildman–Crippen LogP) is 4.78. The fraction of sp³-hybridized carbons (Fsp3) is 0.550. The number of anilines is 1. The van der Waals surface area contributed by atoms with Crippen LogP contribution in [0.3, 0.4) is 0 Å². The van der Waals surface area contributed by atoms with Crippen LogP contribution in [0.5, 0.6) is 0 Å². The van der Waals surface area contributed by atoms with Crippen molar-refractivity contribution >= 4 is 40.2 Å². The highest BCUT2D eigenvalue weighted by Gasteiger charge is 2.11. The second-order valence-electron chi connectivity index (χ2n) is 6.75. The fourth-order valence-corrected chi connectivity index (χ4v) is 3.91. The molecule has 0 aliphatic rings. The van der Waals surface area contributed by atoms with E-state index >= 15 is 0 Å². The Morgan fingerprint density at radius 3 is 2.57 bits per heavy atom. The number of aromatic nitrogens is 1. The van der Waals surface area contributed by atoms with Crippen LogP contribution in [0.1, 0.15) is 48.1 Å². The van der Waals surface area contributed by atoms with Crippen LogP contribution in [0.15, 0.2) is 17.5 Å². The van der Waals surface area contributed by atoms with Crippen LogP contribution in [0, 0.1) is 6.92 Å². The third-order valence-electron chi connectivity index (χ3n) is 4.39. The number of unbranched alkanes of at least 4 members (excludes halogenated alkanes) is 3. The van der Waals surface area contributed by atoms with E-state index in [0.717, 1.165) is 62.6 Å². The molecule has 1 unspecified atom stereocenters. The van der Waals surface area contributed by atoms with Gasteiger partial charge in [0.1, 0.15) is 0 Å². The molecule has 2 aromatic rings. The molecule has 5 nitrogen and oxygen atoms in total. The summed E-state index contributed by atoms with van der Waals surface area (Å²) in [6.07, 6.45) is 4.64. The molecule has 1 aromatic heterocycles.